The van der Waals surface area contributed by atoms with Crippen LogP contribution in [0.2, 0.25) is 0 Å². The summed E-state index contributed by atoms with van der Waals surface area (Å²) in [4.78, 5) is 23.6. The molecule has 1 amide bonds. The van der Waals surface area contributed by atoms with Crippen LogP contribution in [0.1, 0.15) is 41.7 Å². The Morgan fingerprint density at radius 3 is 2.45 bits per heavy atom. The summed E-state index contributed by atoms with van der Waals surface area (Å²) in [6.45, 7) is 2.48. The highest BCUT2D eigenvalue weighted by atomic mass is 19.1. The van der Waals surface area contributed by atoms with E-state index < -0.39 is 0 Å². The minimum absolute atomic E-state index is 0.247. The monoisotopic (exact) mass is 393 g/mol. The van der Waals surface area contributed by atoms with E-state index in [-0.39, 0.29) is 11.7 Å². The minimum Gasteiger partial charge on any atom is -0.357 e. The van der Waals surface area contributed by atoms with Gasteiger partial charge in [0.25, 0.3) is 5.91 Å². The van der Waals surface area contributed by atoms with Gasteiger partial charge in [-0.2, -0.15) is 0 Å². The van der Waals surface area contributed by atoms with E-state index in [2.05, 4.69) is 20.2 Å². The van der Waals surface area contributed by atoms with Crippen LogP contribution in [0, 0.1) is 5.82 Å². The first-order valence-corrected chi connectivity index (χ1v) is 9.97. The molecule has 2 aromatic heterocycles. The molecule has 4 rings (SSSR count). The maximum absolute atomic E-state index is 13.2. The average Bonchev–Trinajstić information content (AvgIpc) is 3.08. The summed E-state index contributed by atoms with van der Waals surface area (Å²) in [5.74, 6) is 0.427. The van der Waals surface area contributed by atoms with Crippen LogP contribution < -0.4 is 10.2 Å². The number of imidazole rings is 1. The topological polar surface area (TPSA) is 63.1 Å². The van der Waals surface area contributed by atoms with E-state index in [0.717, 1.165) is 24.5 Å². The second-order valence-corrected chi connectivity index (χ2v) is 7.23. The van der Waals surface area contributed by atoms with Crippen LogP contribution in [0.15, 0.2) is 55.1 Å². The molecule has 3 aromatic rings. The van der Waals surface area contributed by atoms with Crippen molar-refractivity contribution in [3.8, 4) is 5.69 Å². The highest BCUT2D eigenvalue weighted by Gasteiger charge is 2.14. The smallest absolute Gasteiger partial charge is 0.270 e. The van der Waals surface area contributed by atoms with Crippen molar-refractivity contribution in [2.45, 2.75) is 32.2 Å². The fraction of sp³-hybridized carbons (Fsp3) is 0.318. The molecule has 1 aromatic carbocycles. The molecule has 1 aliphatic heterocycles. The van der Waals surface area contributed by atoms with Gasteiger partial charge in [0.2, 0.25) is 0 Å². The summed E-state index contributed by atoms with van der Waals surface area (Å²) in [5, 5.41) is 2.90. The number of halogens is 1. The number of anilines is 1. The molecule has 0 unspecified atom stereocenters. The third-order valence-electron chi connectivity index (χ3n) is 5.17. The summed E-state index contributed by atoms with van der Waals surface area (Å²) < 4.78 is 14.8. The highest BCUT2D eigenvalue weighted by molar-refractivity contribution is 5.92. The Morgan fingerprint density at radius 1 is 1.00 bits per heavy atom. The molecule has 0 aliphatic carbocycles. The summed E-state index contributed by atoms with van der Waals surface area (Å²) >= 11 is 0. The molecule has 0 saturated carbocycles. The van der Waals surface area contributed by atoms with Crippen LogP contribution in [-0.2, 0) is 6.54 Å². The predicted octanol–water partition coefficient (Wildman–Crippen LogP) is 3.72. The zero-order chi connectivity index (χ0) is 20.1. The second-order valence-electron chi connectivity index (χ2n) is 7.23. The fourth-order valence-corrected chi connectivity index (χ4v) is 3.55. The van der Waals surface area contributed by atoms with Crippen molar-refractivity contribution in [2.75, 3.05) is 18.0 Å². The summed E-state index contributed by atoms with van der Waals surface area (Å²) in [6, 6.07) is 9.96. The molecular weight excluding hydrogens is 369 g/mol. The van der Waals surface area contributed by atoms with E-state index in [9.17, 15) is 9.18 Å². The number of nitrogens with one attached hydrogen (secondary N) is 1. The van der Waals surface area contributed by atoms with Crippen LogP contribution in [0.25, 0.3) is 5.69 Å². The number of carbonyl (C=O) groups excluding carboxylic acids is 1. The van der Waals surface area contributed by atoms with E-state index in [0.29, 0.717) is 17.9 Å². The Kier molecular flexibility index (Phi) is 5.84. The van der Waals surface area contributed by atoms with E-state index in [1.54, 1.807) is 23.0 Å². The lowest BCUT2D eigenvalue weighted by atomic mass is 10.2. The number of carbonyl (C=O) groups is 1. The van der Waals surface area contributed by atoms with E-state index in [4.69, 9.17) is 0 Å². The first-order valence-electron chi connectivity index (χ1n) is 9.97. The van der Waals surface area contributed by atoms with Crippen molar-refractivity contribution in [3.05, 3.63) is 72.2 Å². The Morgan fingerprint density at radius 2 is 1.76 bits per heavy atom. The van der Waals surface area contributed by atoms with Gasteiger partial charge in [-0.25, -0.2) is 14.4 Å². The lowest BCUT2D eigenvalue weighted by Crippen LogP contribution is -2.26. The first kappa shape index (κ1) is 19.1. The quantitative estimate of drug-likeness (QED) is 0.718. The van der Waals surface area contributed by atoms with Crippen LogP contribution in [-0.4, -0.2) is 33.5 Å². The molecule has 6 nitrogen and oxygen atoms in total. The minimum atomic E-state index is -0.323. The number of hydrogen-bond donors (Lipinski definition) is 1. The molecular formula is C22H24FN5O. The van der Waals surface area contributed by atoms with Gasteiger partial charge in [-0.3, -0.25) is 9.36 Å². The molecule has 1 aliphatic rings. The Hall–Kier alpha value is -3.22. The van der Waals surface area contributed by atoms with E-state index in [1.807, 2.05) is 18.3 Å². The molecule has 3 heterocycles. The fourth-order valence-electron chi connectivity index (χ4n) is 3.55. The van der Waals surface area contributed by atoms with Gasteiger partial charge in [-0.05, 0) is 48.7 Å². The average molecular weight is 393 g/mol. The van der Waals surface area contributed by atoms with Gasteiger partial charge in [0.05, 0.1) is 12.5 Å². The van der Waals surface area contributed by atoms with Crippen molar-refractivity contribution < 1.29 is 9.18 Å². The van der Waals surface area contributed by atoms with E-state index in [1.165, 1.54) is 44.0 Å². The summed E-state index contributed by atoms with van der Waals surface area (Å²) in [7, 11) is 0. The Labute approximate surface area is 169 Å². The molecule has 0 spiro atoms. The van der Waals surface area contributed by atoms with Crippen molar-refractivity contribution in [3.63, 3.8) is 0 Å². The maximum atomic E-state index is 13.2. The SMILES string of the molecule is O=C(NCc1ccc(N2CCCCCC2)nc1)c1cncn1-c1ccc(F)cc1. The van der Waals surface area contributed by atoms with Crippen LogP contribution in [0.5, 0.6) is 0 Å². The molecule has 0 radical (unpaired) electrons. The third kappa shape index (κ3) is 4.62. The molecule has 1 fully saturated rings. The Balaban J connectivity index is 1.39. The molecule has 0 bridgehead atoms. The van der Waals surface area contributed by atoms with Crippen molar-refractivity contribution in [1.82, 2.24) is 19.9 Å². The number of nitrogens with zero attached hydrogens (tertiary/aromatic N) is 4. The van der Waals surface area contributed by atoms with Crippen LogP contribution in [0.3, 0.4) is 0 Å². The summed E-state index contributed by atoms with van der Waals surface area (Å²) in [5.41, 5.74) is 2.01. The standard InChI is InChI=1S/C22H24FN5O/c23-18-6-8-19(9-7-18)28-16-24-15-20(28)22(29)26-14-17-5-10-21(25-13-17)27-11-3-1-2-4-12-27/h5-10,13,15-16H,1-4,11-12,14H2,(H,26,29). The van der Waals surface area contributed by atoms with Crippen molar-refractivity contribution in [2.24, 2.45) is 0 Å². The van der Waals surface area contributed by atoms with Gasteiger partial charge in [0, 0.05) is 31.5 Å². The molecule has 7 heteroatoms. The number of aromatic nitrogens is 3. The van der Waals surface area contributed by atoms with Gasteiger partial charge in [0.15, 0.2) is 0 Å². The third-order valence-corrected chi connectivity index (χ3v) is 5.17. The molecule has 150 valence electrons. The molecule has 29 heavy (non-hydrogen) atoms. The second kappa shape index (κ2) is 8.86. The number of benzene rings is 1. The number of hydrogen-bond acceptors (Lipinski definition) is 4. The van der Waals surface area contributed by atoms with Crippen molar-refractivity contribution >= 4 is 11.7 Å². The lowest BCUT2D eigenvalue weighted by molar-refractivity contribution is 0.0944. The summed E-state index contributed by atoms with van der Waals surface area (Å²) in [6.07, 6.45) is 9.85. The van der Waals surface area contributed by atoms with Gasteiger partial charge in [-0.15, -0.1) is 0 Å². The normalized spacial score (nSPS) is 14.4. The zero-order valence-corrected chi connectivity index (χ0v) is 16.2. The highest BCUT2D eigenvalue weighted by Crippen LogP contribution is 2.17. The van der Waals surface area contributed by atoms with Crippen molar-refractivity contribution in [1.29, 1.82) is 0 Å². The number of pyridine rings is 1. The van der Waals surface area contributed by atoms with Gasteiger partial charge in [-0.1, -0.05) is 18.9 Å². The van der Waals surface area contributed by atoms with Gasteiger partial charge in [0.1, 0.15) is 17.3 Å². The number of amides is 1. The van der Waals surface area contributed by atoms with Gasteiger partial charge < -0.3 is 10.2 Å². The van der Waals surface area contributed by atoms with E-state index >= 15 is 0 Å². The predicted molar refractivity (Wildman–Crippen MR) is 110 cm³/mol. The lowest BCUT2D eigenvalue weighted by Gasteiger charge is -2.21. The van der Waals surface area contributed by atoms with Crippen LogP contribution in [0.4, 0.5) is 10.2 Å². The molecule has 1 N–H and O–H groups in total. The van der Waals surface area contributed by atoms with Gasteiger partial charge >= 0.3 is 0 Å². The zero-order valence-electron chi connectivity index (χ0n) is 16.2. The molecule has 0 atom stereocenters. The largest absolute Gasteiger partial charge is 0.357 e. The number of rotatable bonds is 5. The van der Waals surface area contributed by atoms with Crippen LogP contribution >= 0.6 is 0 Å². The molecule has 1 saturated heterocycles. The maximum Gasteiger partial charge on any atom is 0.270 e. The first-order chi connectivity index (χ1) is 14.2. The Bertz CT molecular complexity index is 944.